The second kappa shape index (κ2) is 9.75. The van der Waals surface area contributed by atoms with E-state index in [1.54, 1.807) is 25.6 Å². The predicted octanol–water partition coefficient (Wildman–Crippen LogP) is 5.13. The molecule has 0 bridgehead atoms. The van der Waals surface area contributed by atoms with Crippen LogP contribution in [0.1, 0.15) is 21.5 Å². The second-order valence-electron chi connectivity index (χ2n) is 7.39. The number of nitrogens with zero attached hydrogens (tertiary/aromatic N) is 2. The van der Waals surface area contributed by atoms with Gasteiger partial charge in [0.25, 0.3) is 5.91 Å². The lowest BCUT2D eigenvalue weighted by Crippen LogP contribution is -2.22. The standard InChI is InChI=1S/C26H24N4O2/c1-18-4-3-5-21(14-18)24-15-25(29-17-28-24)30-22-10-8-20(9-11-22)26(31)27-16-19-6-12-23(32-2)13-7-19/h3-15,17H,16H2,1-2H3,(H,27,31)(H,28,29,30). The zero-order valence-corrected chi connectivity index (χ0v) is 18.0. The Morgan fingerprint density at radius 1 is 0.938 bits per heavy atom. The lowest BCUT2D eigenvalue weighted by Gasteiger charge is -2.09. The summed E-state index contributed by atoms with van der Waals surface area (Å²) >= 11 is 0. The van der Waals surface area contributed by atoms with Crippen molar-refractivity contribution in [2.24, 2.45) is 0 Å². The minimum Gasteiger partial charge on any atom is -0.497 e. The Morgan fingerprint density at radius 2 is 1.72 bits per heavy atom. The Bertz CT molecular complexity index is 1210. The fourth-order valence-corrected chi connectivity index (χ4v) is 3.27. The molecule has 0 saturated heterocycles. The Hall–Kier alpha value is -4.19. The van der Waals surface area contributed by atoms with Crippen molar-refractivity contribution in [3.05, 3.63) is 102 Å². The predicted molar refractivity (Wildman–Crippen MR) is 126 cm³/mol. The number of rotatable bonds is 7. The third-order valence-corrected chi connectivity index (χ3v) is 5.01. The van der Waals surface area contributed by atoms with Crippen LogP contribution in [0.3, 0.4) is 0 Å². The van der Waals surface area contributed by atoms with Crippen molar-refractivity contribution >= 4 is 17.4 Å². The van der Waals surface area contributed by atoms with Gasteiger partial charge in [-0.05, 0) is 55.0 Å². The molecule has 0 fully saturated rings. The first-order valence-corrected chi connectivity index (χ1v) is 10.3. The van der Waals surface area contributed by atoms with Gasteiger partial charge in [0, 0.05) is 29.4 Å². The van der Waals surface area contributed by atoms with Gasteiger partial charge in [0.05, 0.1) is 12.8 Å². The summed E-state index contributed by atoms with van der Waals surface area (Å²) < 4.78 is 5.15. The summed E-state index contributed by atoms with van der Waals surface area (Å²) in [6.45, 7) is 2.50. The maximum atomic E-state index is 12.5. The highest BCUT2D eigenvalue weighted by atomic mass is 16.5. The number of aryl methyl sites for hydroxylation is 1. The molecule has 0 aliphatic carbocycles. The van der Waals surface area contributed by atoms with Crippen LogP contribution in [0.2, 0.25) is 0 Å². The molecule has 0 aliphatic rings. The number of carbonyl (C=O) groups is 1. The molecule has 1 amide bonds. The first kappa shape index (κ1) is 21.1. The van der Waals surface area contributed by atoms with Crippen LogP contribution in [-0.2, 0) is 6.54 Å². The molecule has 0 radical (unpaired) electrons. The van der Waals surface area contributed by atoms with Gasteiger partial charge in [0.15, 0.2) is 0 Å². The molecule has 3 aromatic carbocycles. The largest absolute Gasteiger partial charge is 0.497 e. The normalized spacial score (nSPS) is 10.4. The van der Waals surface area contributed by atoms with Crippen molar-refractivity contribution in [1.82, 2.24) is 15.3 Å². The molecule has 0 saturated carbocycles. The van der Waals surface area contributed by atoms with E-state index in [2.05, 4.69) is 39.7 Å². The number of carbonyl (C=O) groups excluding carboxylic acids is 1. The molecular weight excluding hydrogens is 400 g/mol. The fourth-order valence-electron chi connectivity index (χ4n) is 3.27. The molecule has 1 aromatic heterocycles. The first-order chi connectivity index (χ1) is 15.6. The van der Waals surface area contributed by atoms with Gasteiger partial charge in [-0.2, -0.15) is 0 Å². The van der Waals surface area contributed by atoms with Gasteiger partial charge in [0.2, 0.25) is 0 Å². The van der Waals surface area contributed by atoms with E-state index in [-0.39, 0.29) is 5.91 Å². The van der Waals surface area contributed by atoms with Crippen molar-refractivity contribution in [1.29, 1.82) is 0 Å². The van der Waals surface area contributed by atoms with Crippen LogP contribution in [0.5, 0.6) is 5.75 Å². The number of hydrogen-bond acceptors (Lipinski definition) is 5. The second-order valence-corrected chi connectivity index (χ2v) is 7.39. The van der Waals surface area contributed by atoms with Gasteiger partial charge in [0.1, 0.15) is 17.9 Å². The van der Waals surface area contributed by atoms with Crippen molar-refractivity contribution in [3.8, 4) is 17.0 Å². The monoisotopic (exact) mass is 424 g/mol. The van der Waals surface area contributed by atoms with Crippen molar-refractivity contribution in [2.75, 3.05) is 12.4 Å². The van der Waals surface area contributed by atoms with Crippen LogP contribution in [0.25, 0.3) is 11.3 Å². The highest BCUT2D eigenvalue weighted by Crippen LogP contribution is 2.22. The number of nitrogens with one attached hydrogen (secondary N) is 2. The number of anilines is 2. The van der Waals surface area contributed by atoms with E-state index in [0.717, 1.165) is 28.3 Å². The summed E-state index contributed by atoms with van der Waals surface area (Å²) in [5, 5.41) is 6.20. The maximum absolute atomic E-state index is 12.5. The van der Waals surface area contributed by atoms with Gasteiger partial charge in [-0.1, -0.05) is 35.9 Å². The first-order valence-electron chi connectivity index (χ1n) is 10.3. The molecule has 4 rings (SSSR count). The van der Waals surface area contributed by atoms with Gasteiger partial charge in [-0.25, -0.2) is 9.97 Å². The molecule has 32 heavy (non-hydrogen) atoms. The molecule has 2 N–H and O–H groups in total. The van der Waals surface area contributed by atoms with Crippen LogP contribution in [0.15, 0.2) is 85.2 Å². The lowest BCUT2D eigenvalue weighted by molar-refractivity contribution is 0.0951. The van der Waals surface area contributed by atoms with E-state index in [1.807, 2.05) is 54.6 Å². The van der Waals surface area contributed by atoms with Gasteiger partial charge in [-0.3, -0.25) is 4.79 Å². The summed E-state index contributed by atoms with van der Waals surface area (Å²) in [4.78, 5) is 21.1. The minimum atomic E-state index is -0.129. The van der Waals surface area contributed by atoms with E-state index in [0.29, 0.717) is 17.9 Å². The van der Waals surface area contributed by atoms with Crippen LogP contribution in [-0.4, -0.2) is 23.0 Å². The van der Waals surface area contributed by atoms with Crippen LogP contribution < -0.4 is 15.4 Å². The van der Waals surface area contributed by atoms with Gasteiger partial charge in [-0.15, -0.1) is 0 Å². The van der Waals surface area contributed by atoms with Crippen molar-refractivity contribution in [3.63, 3.8) is 0 Å². The molecule has 0 unspecified atom stereocenters. The molecule has 0 spiro atoms. The topological polar surface area (TPSA) is 76.1 Å². The number of benzene rings is 3. The van der Waals surface area contributed by atoms with Gasteiger partial charge >= 0.3 is 0 Å². The average molecular weight is 425 g/mol. The van der Waals surface area contributed by atoms with Crippen LogP contribution >= 0.6 is 0 Å². The van der Waals surface area contributed by atoms with E-state index in [1.165, 1.54) is 5.56 Å². The SMILES string of the molecule is COc1ccc(CNC(=O)c2ccc(Nc3cc(-c4cccc(C)c4)ncn3)cc2)cc1. The highest BCUT2D eigenvalue weighted by molar-refractivity contribution is 5.94. The average Bonchev–Trinajstić information content (AvgIpc) is 2.83. The Kier molecular flexibility index (Phi) is 6.41. The number of methoxy groups -OCH3 is 1. The Morgan fingerprint density at radius 3 is 2.44 bits per heavy atom. The zero-order chi connectivity index (χ0) is 22.3. The molecule has 1 heterocycles. The number of hydrogen-bond donors (Lipinski definition) is 2. The molecule has 6 nitrogen and oxygen atoms in total. The van der Waals surface area contributed by atoms with E-state index in [9.17, 15) is 4.79 Å². The lowest BCUT2D eigenvalue weighted by atomic mass is 10.1. The van der Waals surface area contributed by atoms with E-state index in [4.69, 9.17) is 4.74 Å². The van der Waals surface area contributed by atoms with E-state index < -0.39 is 0 Å². The molecule has 0 atom stereocenters. The molecule has 160 valence electrons. The highest BCUT2D eigenvalue weighted by Gasteiger charge is 2.07. The third-order valence-electron chi connectivity index (χ3n) is 5.01. The Labute approximate surface area is 187 Å². The number of aromatic nitrogens is 2. The number of ether oxygens (including phenoxy) is 1. The minimum absolute atomic E-state index is 0.129. The van der Waals surface area contributed by atoms with Crippen LogP contribution in [0, 0.1) is 6.92 Å². The summed E-state index contributed by atoms with van der Waals surface area (Å²) in [5.74, 6) is 1.35. The van der Waals surface area contributed by atoms with Crippen molar-refractivity contribution in [2.45, 2.75) is 13.5 Å². The quantitative estimate of drug-likeness (QED) is 0.430. The molecular formula is C26H24N4O2. The maximum Gasteiger partial charge on any atom is 0.251 e. The van der Waals surface area contributed by atoms with Gasteiger partial charge < -0.3 is 15.4 Å². The zero-order valence-electron chi connectivity index (χ0n) is 18.0. The summed E-state index contributed by atoms with van der Waals surface area (Å²) in [6.07, 6.45) is 1.54. The van der Waals surface area contributed by atoms with E-state index >= 15 is 0 Å². The molecule has 6 heteroatoms. The smallest absolute Gasteiger partial charge is 0.251 e. The van der Waals surface area contributed by atoms with Crippen LogP contribution in [0.4, 0.5) is 11.5 Å². The molecule has 0 aliphatic heterocycles. The fraction of sp³-hybridized carbons (Fsp3) is 0.115. The number of amides is 1. The third kappa shape index (κ3) is 5.29. The van der Waals surface area contributed by atoms with Crippen molar-refractivity contribution < 1.29 is 9.53 Å². The summed E-state index contributed by atoms with van der Waals surface area (Å²) in [5.41, 5.74) is 5.50. The molecule has 4 aromatic rings. The summed E-state index contributed by atoms with van der Waals surface area (Å²) in [7, 11) is 1.63. The Balaban J connectivity index is 1.38. The summed E-state index contributed by atoms with van der Waals surface area (Å²) in [6, 6.07) is 25.0.